The van der Waals surface area contributed by atoms with Crippen LogP contribution in [0.15, 0.2) is 36.4 Å². The summed E-state index contributed by atoms with van der Waals surface area (Å²) in [5.74, 6) is -0.111. The number of aromatic hydroxyl groups is 1. The van der Waals surface area contributed by atoms with Gasteiger partial charge < -0.3 is 20.1 Å². The number of ether oxygens (including phenoxy) is 1. The van der Waals surface area contributed by atoms with E-state index in [-0.39, 0.29) is 11.7 Å². The van der Waals surface area contributed by atoms with Crippen molar-refractivity contribution in [1.29, 1.82) is 0 Å². The number of aromatic amines is 1. The Labute approximate surface area is 111 Å². The fourth-order valence-electron chi connectivity index (χ4n) is 1.73. The van der Waals surface area contributed by atoms with Gasteiger partial charge in [-0.1, -0.05) is 12.1 Å². The monoisotopic (exact) mass is 260 g/mol. The van der Waals surface area contributed by atoms with Crippen molar-refractivity contribution in [2.75, 3.05) is 7.11 Å². The zero-order valence-electron chi connectivity index (χ0n) is 10.6. The van der Waals surface area contributed by atoms with Crippen molar-refractivity contribution in [3.63, 3.8) is 0 Å². The van der Waals surface area contributed by atoms with Crippen LogP contribution in [0, 0.1) is 0 Å². The van der Waals surface area contributed by atoms with E-state index < -0.39 is 0 Å². The molecule has 1 heterocycles. The summed E-state index contributed by atoms with van der Waals surface area (Å²) in [4.78, 5) is 14.2. The second-order valence-corrected chi connectivity index (χ2v) is 4.16. The quantitative estimate of drug-likeness (QED) is 0.717. The molecule has 19 heavy (non-hydrogen) atoms. The van der Waals surface area contributed by atoms with E-state index in [2.05, 4.69) is 15.0 Å². The number of benzene rings is 1. The molecule has 3 N–H and O–H groups in total. The summed E-state index contributed by atoms with van der Waals surface area (Å²) >= 11 is 0. The predicted molar refractivity (Wildman–Crippen MR) is 70.8 cm³/mol. The first kappa shape index (κ1) is 13.2. The molecular formula is C14H16N2O3. The largest absolute Gasteiger partial charge is 0.508 e. The maximum absolute atomic E-state index is 11.3. The van der Waals surface area contributed by atoms with Crippen molar-refractivity contribution in [3.8, 4) is 5.75 Å². The maximum Gasteiger partial charge on any atom is 0.354 e. The SMILES string of the molecule is COC(=O)c1ccc(CNCc2ccc(O)cc2)[nH]1. The molecule has 2 rings (SSSR count). The third kappa shape index (κ3) is 3.59. The van der Waals surface area contributed by atoms with Crippen LogP contribution in [0.4, 0.5) is 0 Å². The van der Waals surface area contributed by atoms with Crippen molar-refractivity contribution < 1.29 is 14.6 Å². The number of rotatable bonds is 5. The number of carbonyl (C=O) groups is 1. The Morgan fingerprint density at radius 1 is 1.21 bits per heavy atom. The predicted octanol–water partition coefficient (Wildman–Crippen LogP) is 1.80. The molecule has 0 aliphatic carbocycles. The van der Waals surface area contributed by atoms with Crippen molar-refractivity contribution in [2.45, 2.75) is 13.1 Å². The number of aromatic nitrogens is 1. The summed E-state index contributed by atoms with van der Waals surface area (Å²) in [6.45, 7) is 1.31. The molecule has 0 bridgehead atoms. The van der Waals surface area contributed by atoms with Gasteiger partial charge >= 0.3 is 5.97 Å². The van der Waals surface area contributed by atoms with E-state index in [0.29, 0.717) is 18.8 Å². The summed E-state index contributed by atoms with van der Waals surface area (Å²) in [5.41, 5.74) is 2.45. The van der Waals surface area contributed by atoms with Crippen molar-refractivity contribution in [2.24, 2.45) is 0 Å². The molecule has 0 spiro atoms. The van der Waals surface area contributed by atoms with Crippen LogP contribution in [0.5, 0.6) is 5.75 Å². The van der Waals surface area contributed by atoms with E-state index in [1.54, 1.807) is 18.2 Å². The van der Waals surface area contributed by atoms with Gasteiger partial charge in [-0.05, 0) is 29.8 Å². The summed E-state index contributed by atoms with van der Waals surface area (Å²) < 4.78 is 4.62. The van der Waals surface area contributed by atoms with Crippen LogP contribution < -0.4 is 5.32 Å². The minimum Gasteiger partial charge on any atom is -0.508 e. The van der Waals surface area contributed by atoms with E-state index in [4.69, 9.17) is 5.11 Å². The Bertz CT molecular complexity index is 546. The molecule has 100 valence electrons. The Morgan fingerprint density at radius 3 is 2.63 bits per heavy atom. The Morgan fingerprint density at radius 2 is 1.95 bits per heavy atom. The first-order valence-electron chi connectivity index (χ1n) is 5.94. The summed E-state index contributed by atoms with van der Waals surface area (Å²) in [5, 5.41) is 12.4. The van der Waals surface area contributed by atoms with E-state index in [1.807, 2.05) is 18.2 Å². The zero-order valence-corrected chi connectivity index (χ0v) is 10.6. The lowest BCUT2D eigenvalue weighted by atomic mass is 10.2. The van der Waals surface area contributed by atoms with Gasteiger partial charge in [-0.2, -0.15) is 0 Å². The van der Waals surface area contributed by atoms with E-state index in [0.717, 1.165) is 11.3 Å². The van der Waals surface area contributed by atoms with Crippen LogP contribution in [0.3, 0.4) is 0 Å². The van der Waals surface area contributed by atoms with Gasteiger partial charge in [-0.25, -0.2) is 4.79 Å². The van der Waals surface area contributed by atoms with Gasteiger partial charge in [0.15, 0.2) is 0 Å². The Balaban J connectivity index is 1.84. The average molecular weight is 260 g/mol. The first-order valence-corrected chi connectivity index (χ1v) is 5.94. The topological polar surface area (TPSA) is 74.3 Å². The third-order valence-corrected chi connectivity index (χ3v) is 2.73. The Kier molecular flexibility index (Phi) is 4.20. The highest BCUT2D eigenvalue weighted by molar-refractivity contribution is 5.87. The lowest BCUT2D eigenvalue weighted by molar-refractivity contribution is 0.0594. The molecular weight excluding hydrogens is 244 g/mol. The van der Waals surface area contributed by atoms with Gasteiger partial charge in [0.2, 0.25) is 0 Å². The van der Waals surface area contributed by atoms with Gasteiger partial charge in [-0.3, -0.25) is 0 Å². The highest BCUT2D eigenvalue weighted by Crippen LogP contribution is 2.09. The number of methoxy groups -OCH3 is 1. The van der Waals surface area contributed by atoms with Crippen LogP contribution in [0.1, 0.15) is 21.7 Å². The third-order valence-electron chi connectivity index (χ3n) is 2.73. The molecule has 0 saturated heterocycles. The minimum absolute atomic E-state index is 0.260. The highest BCUT2D eigenvalue weighted by atomic mass is 16.5. The second-order valence-electron chi connectivity index (χ2n) is 4.16. The molecule has 0 aliphatic heterocycles. The fourth-order valence-corrected chi connectivity index (χ4v) is 1.73. The smallest absolute Gasteiger partial charge is 0.354 e. The van der Waals surface area contributed by atoms with E-state index in [9.17, 15) is 4.79 Å². The Hall–Kier alpha value is -2.27. The molecule has 5 nitrogen and oxygen atoms in total. The molecule has 0 fully saturated rings. The number of H-pyrrole nitrogens is 1. The van der Waals surface area contributed by atoms with Crippen LogP contribution in [-0.2, 0) is 17.8 Å². The molecule has 1 aromatic carbocycles. The van der Waals surface area contributed by atoms with Crippen molar-refractivity contribution >= 4 is 5.97 Å². The molecule has 2 aromatic rings. The van der Waals surface area contributed by atoms with Crippen LogP contribution in [0.25, 0.3) is 0 Å². The number of phenols is 1. The van der Waals surface area contributed by atoms with Crippen molar-refractivity contribution in [1.82, 2.24) is 10.3 Å². The van der Waals surface area contributed by atoms with E-state index >= 15 is 0 Å². The molecule has 0 atom stereocenters. The molecule has 0 unspecified atom stereocenters. The second kappa shape index (κ2) is 6.06. The summed E-state index contributed by atoms with van der Waals surface area (Å²) in [6, 6.07) is 10.6. The molecule has 0 amide bonds. The molecule has 0 aliphatic rings. The van der Waals surface area contributed by atoms with Gasteiger partial charge in [0, 0.05) is 18.8 Å². The lowest BCUT2D eigenvalue weighted by Gasteiger charge is -2.04. The summed E-state index contributed by atoms with van der Waals surface area (Å²) in [7, 11) is 1.35. The number of hydrogen-bond acceptors (Lipinski definition) is 4. The molecule has 0 radical (unpaired) electrons. The first-order chi connectivity index (χ1) is 9.19. The van der Waals surface area contributed by atoms with Gasteiger partial charge in [0.05, 0.1) is 7.11 Å². The maximum atomic E-state index is 11.3. The number of esters is 1. The zero-order chi connectivity index (χ0) is 13.7. The lowest BCUT2D eigenvalue weighted by Crippen LogP contribution is -2.13. The van der Waals surface area contributed by atoms with Crippen molar-refractivity contribution in [3.05, 3.63) is 53.3 Å². The number of hydrogen-bond donors (Lipinski definition) is 3. The van der Waals surface area contributed by atoms with Crippen LogP contribution in [0.2, 0.25) is 0 Å². The molecule has 1 aromatic heterocycles. The van der Waals surface area contributed by atoms with Gasteiger partial charge in [0.1, 0.15) is 11.4 Å². The summed E-state index contributed by atoms with van der Waals surface area (Å²) in [6.07, 6.45) is 0. The molecule has 5 heteroatoms. The van der Waals surface area contributed by atoms with Gasteiger partial charge in [0.25, 0.3) is 0 Å². The number of phenolic OH excluding ortho intramolecular Hbond substituents is 1. The van der Waals surface area contributed by atoms with E-state index in [1.165, 1.54) is 7.11 Å². The number of carbonyl (C=O) groups excluding carboxylic acids is 1. The fraction of sp³-hybridized carbons (Fsp3) is 0.214. The normalized spacial score (nSPS) is 10.4. The average Bonchev–Trinajstić information content (AvgIpc) is 2.89. The number of nitrogens with one attached hydrogen (secondary N) is 2. The molecule has 0 saturated carbocycles. The minimum atomic E-state index is -0.371. The van der Waals surface area contributed by atoms with Gasteiger partial charge in [-0.15, -0.1) is 0 Å². The standard InChI is InChI=1S/C14H16N2O3/c1-19-14(18)13-7-4-11(16-13)9-15-8-10-2-5-12(17)6-3-10/h2-7,15-17H,8-9H2,1H3. The van der Waals surface area contributed by atoms with Crippen LogP contribution in [-0.4, -0.2) is 23.2 Å². The highest BCUT2D eigenvalue weighted by Gasteiger charge is 2.07. The van der Waals surface area contributed by atoms with Crippen LogP contribution >= 0.6 is 0 Å².